The van der Waals surface area contributed by atoms with Crippen LogP contribution in [-0.2, 0) is 4.74 Å². The van der Waals surface area contributed by atoms with Crippen LogP contribution in [0.4, 0.5) is 10.6 Å². The van der Waals surface area contributed by atoms with Crippen molar-refractivity contribution in [2.45, 2.75) is 6.92 Å². The van der Waals surface area contributed by atoms with Crippen molar-refractivity contribution in [3.8, 4) is 0 Å². The van der Waals surface area contributed by atoms with Gasteiger partial charge in [0, 0.05) is 40.3 Å². The Morgan fingerprint density at radius 3 is 2.36 bits per heavy atom. The normalized spacial score (nSPS) is 14.7. The molecule has 0 bridgehead atoms. The average molecular weight is 307 g/mol. The van der Waals surface area contributed by atoms with Gasteiger partial charge >= 0.3 is 6.09 Å². The Balaban J connectivity index is 1.94. The van der Waals surface area contributed by atoms with E-state index in [1.54, 1.807) is 38.1 Å². The maximum atomic E-state index is 11.8. The number of carbonyl (C=O) groups excluding carboxylic acids is 2. The molecule has 0 aromatic carbocycles. The Hall–Kier alpha value is -2.38. The van der Waals surface area contributed by atoms with Gasteiger partial charge in [0.1, 0.15) is 0 Å². The molecular weight excluding hydrogens is 286 g/mol. The number of piperazine rings is 1. The number of carbonyl (C=O) groups is 2. The van der Waals surface area contributed by atoms with E-state index in [0.717, 1.165) is 0 Å². The second kappa shape index (κ2) is 7.06. The van der Waals surface area contributed by atoms with Gasteiger partial charge < -0.3 is 19.4 Å². The monoisotopic (exact) mass is 307 g/mol. The highest BCUT2D eigenvalue weighted by Crippen LogP contribution is 2.13. The number of hydrogen-bond acceptors (Lipinski definition) is 6. The fourth-order valence-electron chi connectivity index (χ4n) is 2.17. The van der Waals surface area contributed by atoms with Crippen LogP contribution in [0.5, 0.6) is 0 Å². The lowest BCUT2D eigenvalue weighted by Crippen LogP contribution is -2.49. The number of rotatable bonds is 3. The quantitative estimate of drug-likeness (QED) is 0.807. The Labute approximate surface area is 129 Å². The van der Waals surface area contributed by atoms with Gasteiger partial charge in [-0.25, -0.2) is 4.79 Å². The van der Waals surface area contributed by atoms with Crippen molar-refractivity contribution < 1.29 is 14.3 Å². The summed E-state index contributed by atoms with van der Waals surface area (Å²) in [7, 11) is 3.35. The van der Waals surface area contributed by atoms with Crippen molar-refractivity contribution in [2.75, 3.05) is 51.8 Å². The SMILES string of the molecule is CCOC(=O)N1CCN(c2ccc(C(=O)N(C)C)nn2)CC1. The summed E-state index contributed by atoms with van der Waals surface area (Å²) in [5.41, 5.74) is 0.318. The van der Waals surface area contributed by atoms with Crippen LogP contribution in [0.3, 0.4) is 0 Å². The van der Waals surface area contributed by atoms with Crippen molar-refractivity contribution in [3.05, 3.63) is 17.8 Å². The summed E-state index contributed by atoms with van der Waals surface area (Å²) < 4.78 is 4.99. The summed E-state index contributed by atoms with van der Waals surface area (Å²) in [6.07, 6.45) is -0.278. The molecule has 0 unspecified atom stereocenters. The van der Waals surface area contributed by atoms with E-state index in [-0.39, 0.29) is 12.0 Å². The standard InChI is InChI=1S/C14H21N5O3/c1-4-22-14(21)19-9-7-18(8-10-19)12-6-5-11(15-16-12)13(20)17(2)3/h5-6H,4,7-10H2,1-3H3. The molecule has 2 rings (SSSR count). The van der Waals surface area contributed by atoms with Crippen molar-refractivity contribution in [2.24, 2.45) is 0 Å². The third-order valence-electron chi connectivity index (χ3n) is 3.41. The van der Waals surface area contributed by atoms with E-state index in [2.05, 4.69) is 10.2 Å². The van der Waals surface area contributed by atoms with E-state index in [1.807, 2.05) is 4.90 Å². The minimum absolute atomic E-state index is 0.175. The second-order valence-electron chi connectivity index (χ2n) is 5.15. The van der Waals surface area contributed by atoms with Crippen LogP contribution in [0.1, 0.15) is 17.4 Å². The Morgan fingerprint density at radius 2 is 1.86 bits per heavy atom. The van der Waals surface area contributed by atoms with Gasteiger partial charge in [0.15, 0.2) is 11.5 Å². The predicted octanol–water partition coefficient (Wildman–Crippen LogP) is 0.457. The third kappa shape index (κ3) is 3.63. The maximum absolute atomic E-state index is 11.8. The first-order valence-electron chi connectivity index (χ1n) is 7.25. The number of nitrogens with zero attached hydrogens (tertiary/aromatic N) is 5. The summed E-state index contributed by atoms with van der Waals surface area (Å²) in [5, 5.41) is 8.08. The van der Waals surface area contributed by atoms with E-state index < -0.39 is 0 Å². The maximum Gasteiger partial charge on any atom is 0.409 e. The molecule has 8 heteroatoms. The van der Waals surface area contributed by atoms with Crippen molar-refractivity contribution in [1.82, 2.24) is 20.0 Å². The van der Waals surface area contributed by atoms with Gasteiger partial charge in [-0.15, -0.1) is 10.2 Å². The van der Waals surface area contributed by atoms with Gasteiger partial charge in [-0.05, 0) is 19.1 Å². The molecule has 2 amide bonds. The highest BCUT2D eigenvalue weighted by atomic mass is 16.6. The van der Waals surface area contributed by atoms with Gasteiger partial charge in [-0.2, -0.15) is 0 Å². The molecule has 0 saturated carbocycles. The number of aromatic nitrogens is 2. The van der Waals surface area contributed by atoms with Crippen LogP contribution < -0.4 is 4.90 Å². The second-order valence-corrected chi connectivity index (χ2v) is 5.15. The van der Waals surface area contributed by atoms with E-state index >= 15 is 0 Å². The van der Waals surface area contributed by atoms with Gasteiger partial charge in [0.05, 0.1) is 6.61 Å². The molecule has 1 aliphatic rings. The first kappa shape index (κ1) is 16.0. The lowest BCUT2D eigenvalue weighted by molar-refractivity contribution is 0.0820. The Bertz CT molecular complexity index is 524. The molecule has 1 saturated heterocycles. The smallest absolute Gasteiger partial charge is 0.409 e. The Morgan fingerprint density at radius 1 is 1.18 bits per heavy atom. The summed E-state index contributed by atoms with van der Waals surface area (Å²) in [6, 6.07) is 3.45. The van der Waals surface area contributed by atoms with Gasteiger partial charge in [0.2, 0.25) is 0 Å². The number of amides is 2. The molecule has 0 aliphatic carbocycles. The van der Waals surface area contributed by atoms with E-state index in [0.29, 0.717) is 44.3 Å². The lowest BCUT2D eigenvalue weighted by atomic mass is 10.3. The van der Waals surface area contributed by atoms with Crippen molar-refractivity contribution in [3.63, 3.8) is 0 Å². The zero-order valence-corrected chi connectivity index (χ0v) is 13.2. The molecular formula is C14H21N5O3. The third-order valence-corrected chi connectivity index (χ3v) is 3.41. The molecule has 22 heavy (non-hydrogen) atoms. The molecule has 2 heterocycles. The minimum Gasteiger partial charge on any atom is -0.450 e. The molecule has 120 valence electrons. The molecule has 8 nitrogen and oxygen atoms in total. The molecule has 1 aromatic rings. The lowest BCUT2D eigenvalue weighted by Gasteiger charge is -2.34. The first-order valence-corrected chi connectivity index (χ1v) is 7.25. The molecule has 0 atom stereocenters. The average Bonchev–Trinajstić information content (AvgIpc) is 2.54. The molecule has 0 radical (unpaired) electrons. The zero-order valence-electron chi connectivity index (χ0n) is 13.2. The van der Waals surface area contributed by atoms with Crippen LogP contribution in [-0.4, -0.2) is 78.9 Å². The van der Waals surface area contributed by atoms with Crippen molar-refractivity contribution in [1.29, 1.82) is 0 Å². The first-order chi connectivity index (χ1) is 10.5. The Kier molecular flexibility index (Phi) is 5.13. The molecule has 1 fully saturated rings. The van der Waals surface area contributed by atoms with Gasteiger partial charge in [-0.1, -0.05) is 0 Å². The summed E-state index contributed by atoms with van der Waals surface area (Å²) in [5.74, 6) is 0.532. The highest BCUT2D eigenvalue weighted by Gasteiger charge is 2.23. The van der Waals surface area contributed by atoms with Crippen LogP contribution in [0.2, 0.25) is 0 Å². The summed E-state index contributed by atoms with van der Waals surface area (Å²) >= 11 is 0. The highest BCUT2D eigenvalue weighted by molar-refractivity contribution is 5.91. The van der Waals surface area contributed by atoms with E-state index in [1.165, 1.54) is 4.90 Å². The van der Waals surface area contributed by atoms with Gasteiger partial charge in [0.25, 0.3) is 5.91 Å². The topological polar surface area (TPSA) is 78.9 Å². The molecule has 0 spiro atoms. The van der Waals surface area contributed by atoms with Crippen LogP contribution in [0, 0.1) is 0 Å². The molecule has 1 aliphatic heterocycles. The minimum atomic E-state index is -0.278. The number of hydrogen-bond donors (Lipinski definition) is 0. The zero-order chi connectivity index (χ0) is 16.1. The van der Waals surface area contributed by atoms with E-state index in [4.69, 9.17) is 4.74 Å². The number of ether oxygens (including phenoxy) is 1. The van der Waals surface area contributed by atoms with Crippen molar-refractivity contribution >= 4 is 17.8 Å². The molecule has 0 N–H and O–H groups in total. The number of anilines is 1. The van der Waals surface area contributed by atoms with E-state index in [9.17, 15) is 9.59 Å². The summed E-state index contributed by atoms with van der Waals surface area (Å²) in [6.45, 7) is 4.66. The van der Waals surface area contributed by atoms with Crippen LogP contribution in [0.15, 0.2) is 12.1 Å². The molecule has 1 aromatic heterocycles. The summed E-state index contributed by atoms with van der Waals surface area (Å²) in [4.78, 5) is 28.6. The van der Waals surface area contributed by atoms with Gasteiger partial charge in [-0.3, -0.25) is 4.79 Å². The van der Waals surface area contributed by atoms with Crippen LogP contribution in [0.25, 0.3) is 0 Å². The fourth-order valence-corrected chi connectivity index (χ4v) is 2.17. The van der Waals surface area contributed by atoms with Crippen LogP contribution >= 0.6 is 0 Å². The fraction of sp³-hybridized carbons (Fsp3) is 0.571. The predicted molar refractivity (Wildman–Crippen MR) is 80.9 cm³/mol. The largest absolute Gasteiger partial charge is 0.450 e.